The molecule has 0 saturated heterocycles. The van der Waals surface area contributed by atoms with Crippen LogP contribution in [0.2, 0.25) is 0 Å². The van der Waals surface area contributed by atoms with Crippen molar-refractivity contribution in [2.75, 3.05) is 7.11 Å². The summed E-state index contributed by atoms with van der Waals surface area (Å²) in [4.78, 5) is 4.30. The zero-order chi connectivity index (χ0) is 11.4. The average Bonchev–Trinajstić information content (AvgIpc) is 2.39. The Labute approximate surface area is 94.9 Å². The molecule has 82 valence electrons. The maximum absolute atomic E-state index is 5.59. The van der Waals surface area contributed by atoms with Gasteiger partial charge in [-0.15, -0.1) is 0 Å². The second kappa shape index (κ2) is 4.77. The molecular weight excluding hydrogens is 200 g/mol. The lowest BCUT2D eigenvalue weighted by Gasteiger charge is -2.09. The van der Waals surface area contributed by atoms with Gasteiger partial charge in [0.2, 0.25) is 0 Å². The number of aromatic nitrogens is 1. The van der Waals surface area contributed by atoms with E-state index in [0.717, 1.165) is 22.6 Å². The van der Waals surface area contributed by atoms with Crippen LogP contribution in [-0.2, 0) is 6.54 Å². The van der Waals surface area contributed by atoms with E-state index in [4.69, 9.17) is 10.5 Å². The van der Waals surface area contributed by atoms with Gasteiger partial charge in [-0.3, -0.25) is 4.98 Å². The minimum atomic E-state index is 0.513. The molecule has 0 aliphatic carbocycles. The first-order valence-electron chi connectivity index (χ1n) is 5.13. The van der Waals surface area contributed by atoms with E-state index in [2.05, 4.69) is 4.98 Å². The molecule has 0 amide bonds. The molecule has 2 rings (SSSR count). The van der Waals surface area contributed by atoms with Gasteiger partial charge in [-0.05, 0) is 29.8 Å². The molecular formula is C13H14N2O. The molecule has 0 aliphatic rings. The number of nitrogens with zero attached hydrogens (tertiary/aromatic N) is 1. The van der Waals surface area contributed by atoms with Gasteiger partial charge in [-0.1, -0.05) is 12.1 Å². The highest BCUT2D eigenvalue weighted by Crippen LogP contribution is 2.29. The van der Waals surface area contributed by atoms with E-state index < -0.39 is 0 Å². The lowest BCUT2D eigenvalue weighted by Crippen LogP contribution is -1.98. The van der Waals surface area contributed by atoms with Crippen molar-refractivity contribution in [3.05, 3.63) is 48.2 Å². The van der Waals surface area contributed by atoms with Gasteiger partial charge < -0.3 is 10.5 Å². The molecule has 3 nitrogen and oxygen atoms in total. The fourth-order valence-electron chi connectivity index (χ4n) is 1.60. The Balaban J connectivity index is 2.49. The fraction of sp³-hybridized carbons (Fsp3) is 0.154. The standard InChI is InChI=1S/C13H14N2O/c1-16-13-8-10(9-14)5-6-11(13)12-4-2-3-7-15-12/h2-8H,9,14H2,1H3. The van der Waals surface area contributed by atoms with Gasteiger partial charge in [0.15, 0.2) is 0 Å². The third-order valence-corrected chi connectivity index (χ3v) is 2.44. The molecule has 16 heavy (non-hydrogen) atoms. The number of hydrogen-bond donors (Lipinski definition) is 1. The van der Waals surface area contributed by atoms with Crippen LogP contribution in [0.5, 0.6) is 5.75 Å². The summed E-state index contributed by atoms with van der Waals surface area (Å²) in [7, 11) is 1.65. The van der Waals surface area contributed by atoms with E-state index in [1.165, 1.54) is 0 Å². The molecule has 1 aromatic heterocycles. The summed E-state index contributed by atoms with van der Waals surface area (Å²) >= 11 is 0. The second-order valence-corrected chi connectivity index (χ2v) is 3.45. The number of hydrogen-bond acceptors (Lipinski definition) is 3. The summed E-state index contributed by atoms with van der Waals surface area (Å²) in [6, 6.07) is 11.7. The molecule has 0 bridgehead atoms. The van der Waals surface area contributed by atoms with Crippen molar-refractivity contribution in [1.29, 1.82) is 0 Å². The third-order valence-electron chi connectivity index (χ3n) is 2.44. The quantitative estimate of drug-likeness (QED) is 0.852. The van der Waals surface area contributed by atoms with Crippen molar-refractivity contribution in [2.24, 2.45) is 5.73 Å². The fourth-order valence-corrected chi connectivity index (χ4v) is 1.60. The molecule has 2 N–H and O–H groups in total. The zero-order valence-corrected chi connectivity index (χ0v) is 9.18. The summed E-state index contributed by atoms with van der Waals surface area (Å²) in [5, 5.41) is 0. The van der Waals surface area contributed by atoms with E-state index in [1.807, 2.05) is 36.4 Å². The molecule has 1 aromatic carbocycles. The molecule has 0 radical (unpaired) electrons. The lowest BCUT2D eigenvalue weighted by molar-refractivity contribution is 0.416. The maximum Gasteiger partial charge on any atom is 0.128 e. The van der Waals surface area contributed by atoms with E-state index in [9.17, 15) is 0 Å². The van der Waals surface area contributed by atoms with Crippen molar-refractivity contribution >= 4 is 0 Å². The SMILES string of the molecule is COc1cc(CN)ccc1-c1ccccn1. The topological polar surface area (TPSA) is 48.1 Å². The highest BCUT2D eigenvalue weighted by molar-refractivity contribution is 5.67. The summed E-state index contributed by atoms with van der Waals surface area (Å²) < 4.78 is 5.35. The summed E-state index contributed by atoms with van der Waals surface area (Å²) in [5.74, 6) is 0.807. The molecule has 1 heterocycles. The number of nitrogens with two attached hydrogens (primary N) is 1. The molecule has 0 fully saturated rings. The van der Waals surface area contributed by atoms with E-state index >= 15 is 0 Å². The van der Waals surface area contributed by atoms with Gasteiger partial charge in [0.05, 0.1) is 12.8 Å². The summed E-state index contributed by atoms with van der Waals surface area (Å²) in [5.41, 5.74) is 8.54. The molecule has 0 spiro atoms. The maximum atomic E-state index is 5.59. The van der Waals surface area contributed by atoms with E-state index in [-0.39, 0.29) is 0 Å². The third kappa shape index (κ3) is 2.04. The van der Waals surface area contributed by atoms with Crippen LogP contribution in [-0.4, -0.2) is 12.1 Å². The van der Waals surface area contributed by atoms with Gasteiger partial charge in [-0.25, -0.2) is 0 Å². The van der Waals surface area contributed by atoms with Gasteiger partial charge in [0.25, 0.3) is 0 Å². The second-order valence-electron chi connectivity index (χ2n) is 3.45. The molecule has 0 atom stereocenters. The van der Waals surface area contributed by atoms with E-state index in [0.29, 0.717) is 6.54 Å². The normalized spacial score (nSPS) is 10.1. The van der Waals surface area contributed by atoms with Crippen molar-refractivity contribution in [3.63, 3.8) is 0 Å². The van der Waals surface area contributed by atoms with Crippen LogP contribution in [0, 0.1) is 0 Å². The monoisotopic (exact) mass is 214 g/mol. The van der Waals surface area contributed by atoms with Crippen LogP contribution in [0.3, 0.4) is 0 Å². The minimum Gasteiger partial charge on any atom is -0.496 e. The van der Waals surface area contributed by atoms with Crippen LogP contribution < -0.4 is 10.5 Å². The molecule has 0 aliphatic heterocycles. The number of pyridine rings is 1. The Morgan fingerprint density at radius 2 is 2.12 bits per heavy atom. The lowest BCUT2D eigenvalue weighted by atomic mass is 10.1. The van der Waals surface area contributed by atoms with Gasteiger partial charge in [0, 0.05) is 18.3 Å². The molecule has 3 heteroatoms. The van der Waals surface area contributed by atoms with E-state index in [1.54, 1.807) is 13.3 Å². The van der Waals surface area contributed by atoms with Crippen LogP contribution >= 0.6 is 0 Å². The smallest absolute Gasteiger partial charge is 0.128 e. The Bertz CT molecular complexity index is 469. The zero-order valence-electron chi connectivity index (χ0n) is 9.18. The summed E-state index contributed by atoms with van der Waals surface area (Å²) in [6.07, 6.45) is 1.77. The van der Waals surface area contributed by atoms with Gasteiger partial charge in [-0.2, -0.15) is 0 Å². The number of rotatable bonds is 3. The average molecular weight is 214 g/mol. The predicted octanol–water partition coefficient (Wildman–Crippen LogP) is 2.22. The van der Waals surface area contributed by atoms with Crippen molar-refractivity contribution in [1.82, 2.24) is 4.98 Å². The highest BCUT2D eigenvalue weighted by atomic mass is 16.5. The van der Waals surface area contributed by atoms with Gasteiger partial charge in [0.1, 0.15) is 5.75 Å². The predicted molar refractivity (Wildman–Crippen MR) is 64.1 cm³/mol. The van der Waals surface area contributed by atoms with Crippen LogP contribution in [0.25, 0.3) is 11.3 Å². The molecule has 0 unspecified atom stereocenters. The first-order chi connectivity index (χ1) is 7.85. The van der Waals surface area contributed by atoms with Crippen LogP contribution in [0.4, 0.5) is 0 Å². The number of ether oxygens (including phenoxy) is 1. The first kappa shape index (κ1) is 10.6. The largest absolute Gasteiger partial charge is 0.496 e. The van der Waals surface area contributed by atoms with Crippen LogP contribution in [0.15, 0.2) is 42.6 Å². The van der Waals surface area contributed by atoms with Crippen molar-refractivity contribution in [2.45, 2.75) is 6.54 Å². The molecule has 0 saturated carbocycles. The Morgan fingerprint density at radius 3 is 2.75 bits per heavy atom. The van der Waals surface area contributed by atoms with Crippen molar-refractivity contribution in [3.8, 4) is 17.0 Å². The Hall–Kier alpha value is -1.87. The first-order valence-corrected chi connectivity index (χ1v) is 5.13. The number of benzene rings is 1. The molecule has 2 aromatic rings. The van der Waals surface area contributed by atoms with Crippen molar-refractivity contribution < 1.29 is 4.74 Å². The highest BCUT2D eigenvalue weighted by Gasteiger charge is 2.06. The number of methoxy groups -OCH3 is 1. The Morgan fingerprint density at radius 1 is 1.25 bits per heavy atom. The Kier molecular flexibility index (Phi) is 3.17. The summed E-state index contributed by atoms with van der Waals surface area (Å²) in [6.45, 7) is 0.513. The minimum absolute atomic E-state index is 0.513. The van der Waals surface area contributed by atoms with Crippen LogP contribution in [0.1, 0.15) is 5.56 Å². The van der Waals surface area contributed by atoms with Gasteiger partial charge >= 0.3 is 0 Å².